The molecule has 13 heavy (non-hydrogen) atoms. The van der Waals surface area contributed by atoms with Crippen molar-refractivity contribution in [2.75, 3.05) is 11.9 Å². The van der Waals surface area contributed by atoms with Gasteiger partial charge in [-0.3, -0.25) is 4.79 Å². The summed E-state index contributed by atoms with van der Waals surface area (Å²) in [5, 5.41) is 10.2. The Balaban J connectivity index is 1.91. The van der Waals surface area contributed by atoms with Crippen LogP contribution < -0.4 is 10.6 Å². The zero-order valence-electron chi connectivity index (χ0n) is 6.99. The minimum atomic E-state index is -0.0397. The lowest BCUT2D eigenvalue weighted by atomic mass is 10.2. The summed E-state index contributed by atoms with van der Waals surface area (Å²) in [5.74, 6) is 0.0172. The smallest absolute Gasteiger partial charge is 0.242 e. The second-order valence-corrected chi connectivity index (χ2v) is 3.71. The number of carbonyl (C=O) groups excluding carboxylic acids is 1. The molecule has 1 aliphatic rings. The highest BCUT2D eigenvalue weighted by atomic mass is 32.1. The molecule has 1 aromatic heterocycles. The van der Waals surface area contributed by atoms with E-state index in [1.165, 1.54) is 11.5 Å². The van der Waals surface area contributed by atoms with Crippen molar-refractivity contribution in [2.24, 2.45) is 0 Å². The van der Waals surface area contributed by atoms with Crippen LogP contribution in [0.5, 0.6) is 0 Å². The number of nitrogens with one attached hydrogen (secondary N) is 2. The zero-order valence-corrected chi connectivity index (χ0v) is 7.80. The summed E-state index contributed by atoms with van der Waals surface area (Å²) in [7, 11) is 0. The summed E-state index contributed by atoms with van der Waals surface area (Å²) in [5.41, 5.74) is 0. The molecule has 1 atom stereocenters. The highest BCUT2D eigenvalue weighted by molar-refractivity contribution is 7.10. The lowest BCUT2D eigenvalue weighted by Crippen LogP contribution is -2.35. The monoisotopic (exact) mass is 198 g/mol. The van der Waals surface area contributed by atoms with Crippen LogP contribution in [0.25, 0.3) is 0 Å². The van der Waals surface area contributed by atoms with Gasteiger partial charge in [-0.1, -0.05) is 4.49 Å². The highest BCUT2D eigenvalue weighted by Gasteiger charge is 2.22. The molecule has 1 aliphatic heterocycles. The predicted molar refractivity (Wildman–Crippen MR) is 49.6 cm³/mol. The Bertz CT molecular complexity index is 281. The standard InChI is InChI=1S/C7H10N4OS/c12-7(5-2-1-3-8-5)10-6-4-9-11-13-6/h4-5,8H,1-3H2,(H,10,12)/t5-/m1/s1. The van der Waals surface area contributed by atoms with E-state index in [0.29, 0.717) is 5.00 Å². The van der Waals surface area contributed by atoms with E-state index in [1.54, 1.807) is 6.20 Å². The predicted octanol–water partition coefficient (Wildman–Crippen LogP) is 0.229. The SMILES string of the molecule is O=C(Nc1cnns1)[C@H]1CCCN1. The van der Waals surface area contributed by atoms with Gasteiger partial charge in [0.2, 0.25) is 5.91 Å². The topological polar surface area (TPSA) is 66.9 Å². The van der Waals surface area contributed by atoms with E-state index in [2.05, 4.69) is 20.2 Å². The lowest BCUT2D eigenvalue weighted by Gasteiger charge is -2.08. The molecule has 1 saturated heterocycles. The molecule has 0 radical (unpaired) electrons. The summed E-state index contributed by atoms with van der Waals surface area (Å²) < 4.78 is 3.66. The molecule has 0 aliphatic carbocycles. The molecule has 1 aromatic rings. The summed E-state index contributed by atoms with van der Waals surface area (Å²) in [6.07, 6.45) is 3.54. The van der Waals surface area contributed by atoms with Crippen molar-refractivity contribution in [3.8, 4) is 0 Å². The number of amides is 1. The summed E-state index contributed by atoms with van der Waals surface area (Å²) >= 11 is 1.19. The van der Waals surface area contributed by atoms with Gasteiger partial charge < -0.3 is 10.6 Å². The first-order valence-corrected chi connectivity index (χ1v) is 4.95. The minimum absolute atomic E-state index is 0.0172. The number of carbonyl (C=O) groups is 1. The Morgan fingerprint density at radius 1 is 1.77 bits per heavy atom. The maximum Gasteiger partial charge on any atom is 0.242 e. The van der Waals surface area contributed by atoms with Gasteiger partial charge in [-0.2, -0.15) is 0 Å². The van der Waals surface area contributed by atoms with Crippen molar-refractivity contribution < 1.29 is 4.79 Å². The lowest BCUT2D eigenvalue weighted by molar-refractivity contribution is -0.117. The third kappa shape index (κ3) is 2.02. The molecular weight excluding hydrogens is 188 g/mol. The van der Waals surface area contributed by atoms with Gasteiger partial charge in [0.15, 0.2) is 0 Å². The number of rotatable bonds is 2. The van der Waals surface area contributed by atoms with Crippen LogP contribution in [0, 0.1) is 0 Å². The van der Waals surface area contributed by atoms with Crippen LogP contribution in [-0.2, 0) is 4.79 Å². The quantitative estimate of drug-likeness (QED) is 0.713. The minimum Gasteiger partial charge on any atom is -0.314 e. The fourth-order valence-electron chi connectivity index (χ4n) is 1.34. The van der Waals surface area contributed by atoms with Gasteiger partial charge in [0.1, 0.15) is 5.00 Å². The van der Waals surface area contributed by atoms with E-state index in [-0.39, 0.29) is 11.9 Å². The molecule has 5 nitrogen and oxygen atoms in total. The Hall–Kier alpha value is -1.01. The van der Waals surface area contributed by atoms with Gasteiger partial charge in [0.05, 0.1) is 12.2 Å². The van der Waals surface area contributed by atoms with Crippen molar-refractivity contribution in [1.29, 1.82) is 0 Å². The molecule has 2 rings (SSSR count). The Kier molecular flexibility index (Phi) is 2.51. The van der Waals surface area contributed by atoms with Gasteiger partial charge in [0.25, 0.3) is 0 Å². The number of aromatic nitrogens is 2. The molecule has 0 unspecified atom stereocenters. The first kappa shape index (κ1) is 8.58. The first-order valence-electron chi connectivity index (χ1n) is 4.18. The molecule has 1 fully saturated rings. The second-order valence-electron chi connectivity index (χ2n) is 2.92. The molecule has 6 heteroatoms. The molecule has 2 N–H and O–H groups in total. The molecule has 0 spiro atoms. The van der Waals surface area contributed by atoms with Crippen LogP contribution in [0.2, 0.25) is 0 Å². The highest BCUT2D eigenvalue weighted by Crippen LogP contribution is 2.12. The average Bonchev–Trinajstić information content (AvgIpc) is 2.74. The van der Waals surface area contributed by atoms with Crippen LogP contribution in [0.3, 0.4) is 0 Å². The van der Waals surface area contributed by atoms with Gasteiger partial charge in [-0.25, -0.2) is 0 Å². The molecule has 0 aromatic carbocycles. The Morgan fingerprint density at radius 3 is 3.31 bits per heavy atom. The fraction of sp³-hybridized carbons (Fsp3) is 0.571. The third-order valence-electron chi connectivity index (χ3n) is 1.98. The van der Waals surface area contributed by atoms with Crippen LogP contribution >= 0.6 is 11.5 Å². The van der Waals surface area contributed by atoms with E-state index in [1.807, 2.05) is 0 Å². The summed E-state index contributed by atoms with van der Waals surface area (Å²) in [6.45, 7) is 0.930. The molecule has 70 valence electrons. The summed E-state index contributed by atoms with van der Waals surface area (Å²) in [4.78, 5) is 11.5. The van der Waals surface area contributed by atoms with Crippen LogP contribution in [0.4, 0.5) is 5.00 Å². The largest absolute Gasteiger partial charge is 0.314 e. The van der Waals surface area contributed by atoms with Gasteiger partial charge in [0, 0.05) is 11.5 Å². The fourth-order valence-corrected chi connectivity index (χ4v) is 1.76. The maximum atomic E-state index is 11.5. The number of hydrogen-bond donors (Lipinski definition) is 2. The average molecular weight is 198 g/mol. The number of anilines is 1. The van der Waals surface area contributed by atoms with Gasteiger partial charge >= 0.3 is 0 Å². The van der Waals surface area contributed by atoms with Crippen LogP contribution in [-0.4, -0.2) is 28.1 Å². The number of nitrogens with zero attached hydrogens (tertiary/aromatic N) is 2. The normalized spacial score (nSPS) is 21.7. The molecular formula is C7H10N4OS. The van der Waals surface area contributed by atoms with Crippen molar-refractivity contribution in [3.05, 3.63) is 6.20 Å². The van der Waals surface area contributed by atoms with Crippen LogP contribution in [0.15, 0.2) is 6.20 Å². The van der Waals surface area contributed by atoms with Gasteiger partial charge in [-0.05, 0) is 19.4 Å². The van der Waals surface area contributed by atoms with Crippen molar-refractivity contribution in [1.82, 2.24) is 14.9 Å². The van der Waals surface area contributed by atoms with E-state index in [9.17, 15) is 4.79 Å². The molecule has 0 bridgehead atoms. The Morgan fingerprint density at radius 2 is 2.69 bits per heavy atom. The van der Waals surface area contributed by atoms with E-state index in [0.717, 1.165) is 19.4 Å². The van der Waals surface area contributed by atoms with Crippen LogP contribution in [0.1, 0.15) is 12.8 Å². The van der Waals surface area contributed by atoms with Crippen molar-refractivity contribution >= 4 is 22.4 Å². The Labute approximate surface area is 79.7 Å². The molecule has 1 amide bonds. The van der Waals surface area contributed by atoms with Crippen molar-refractivity contribution in [2.45, 2.75) is 18.9 Å². The maximum absolute atomic E-state index is 11.5. The van der Waals surface area contributed by atoms with E-state index in [4.69, 9.17) is 0 Å². The van der Waals surface area contributed by atoms with Gasteiger partial charge in [-0.15, -0.1) is 5.10 Å². The summed E-state index contributed by atoms with van der Waals surface area (Å²) in [6, 6.07) is -0.0397. The molecule has 2 heterocycles. The first-order chi connectivity index (χ1) is 6.36. The third-order valence-corrected chi connectivity index (χ3v) is 2.56. The second kappa shape index (κ2) is 3.80. The number of hydrogen-bond acceptors (Lipinski definition) is 5. The van der Waals surface area contributed by atoms with Crippen molar-refractivity contribution in [3.63, 3.8) is 0 Å². The van der Waals surface area contributed by atoms with E-state index < -0.39 is 0 Å². The zero-order chi connectivity index (χ0) is 9.10. The van der Waals surface area contributed by atoms with E-state index >= 15 is 0 Å². The molecule has 0 saturated carbocycles.